The molecule has 1 fully saturated rings. The third kappa shape index (κ3) is 5.75. The first-order valence-electron chi connectivity index (χ1n) is 13.6. The molecule has 14 heteroatoms. The molecule has 6 rings (SSSR count). The number of benzene rings is 2. The summed E-state index contributed by atoms with van der Waals surface area (Å²) in [5.74, 6) is 0.382. The van der Waals surface area contributed by atoms with Crippen LogP contribution in [0.2, 0.25) is 0 Å². The third-order valence-electron chi connectivity index (χ3n) is 7.40. The molecule has 13 nitrogen and oxygen atoms in total. The van der Waals surface area contributed by atoms with Gasteiger partial charge in [0, 0.05) is 50.3 Å². The minimum absolute atomic E-state index is 0.0391. The Morgan fingerprint density at radius 1 is 0.953 bits per heavy atom. The topological polar surface area (TPSA) is 169 Å². The predicted molar refractivity (Wildman–Crippen MR) is 160 cm³/mol. The maximum atomic E-state index is 13.4. The normalized spacial score (nSPS) is 14.9. The largest absolute Gasteiger partial charge is 0.363 e. The highest BCUT2D eigenvalue weighted by atomic mass is 32.2. The van der Waals surface area contributed by atoms with Crippen molar-refractivity contribution in [2.75, 3.05) is 36.4 Å². The van der Waals surface area contributed by atoms with Crippen molar-refractivity contribution in [3.8, 4) is 11.3 Å². The van der Waals surface area contributed by atoms with E-state index in [1.165, 1.54) is 28.5 Å². The highest BCUT2D eigenvalue weighted by Crippen LogP contribution is 2.30. The van der Waals surface area contributed by atoms with E-state index in [1.807, 2.05) is 29.2 Å². The maximum Gasteiger partial charge on any atom is 0.277 e. The number of nitrogens with one attached hydrogen (secondary N) is 3. The van der Waals surface area contributed by atoms with Gasteiger partial charge in [0.15, 0.2) is 0 Å². The fourth-order valence-electron chi connectivity index (χ4n) is 4.99. The van der Waals surface area contributed by atoms with E-state index < -0.39 is 15.9 Å². The van der Waals surface area contributed by atoms with Crippen LogP contribution in [0.5, 0.6) is 0 Å². The van der Waals surface area contributed by atoms with Crippen molar-refractivity contribution in [2.24, 2.45) is 0 Å². The van der Waals surface area contributed by atoms with Crippen molar-refractivity contribution in [2.45, 2.75) is 17.9 Å². The molecule has 4 heterocycles. The molecule has 3 aromatic heterocycles. The summed E-state index contributed by atoms with van der Waals surface area (Å²) in [6.07, 6.45) is 4.12. The van der Waals surface area contributed by atoms with Crippen molar-refractivity contribution < 1.29 is 18.4 Å². The van der Waals surface area contributed by atoms with E-state index in [1.54, 1.807) is 24.3 Å². The lowest BCUT2D eigenvalue weighted by Crippen LogP contribution is -2.49. The first-order valence-corrected chi connectivity index (χ1v) is 15.0. The zero-order valence-corrected chi connectivity index (χ0v) is 24.0. The van der Waals surface area contributed by atoms with Crippen LogP contribution in [0.3, 0.4) is 0 Å². The van der Waals surface area contributed by atoms with Gasteiger partial charge in [-0.3, -0.25) is 10.0 Å². The molecule has 0 unspecified atom stereocenters. The second kappa shape index (κ2) is 11.8. The van der Waals surface area contributed by atoms with E-state index in [4.69, 9.17) is 5.21 Å². The summed E-state index contributed by atoms with van der Waals surface area (Å²) in [7, 11) is -3.72. The van der Waals surface area contributed by atoms with Gasteiger partial charge >= 0.3 is 0 Å². The molecule has 1 aliphatic heterocycles. The molecular weight excluding hydrogens is 570 g/mol. The number of hydrogen-bond donors (Lipinski definition) is 4. The van der Waals surface area contributed by atoms with Crippen LogP contribution in [-0.2, 0) is 10.0 Å². The first-order chi connectivity index (χ1) is 20.8. The zero-order chi connectivity index (χ0) is 30.0. The van der Waals surface area contributed by atoms with Crippen LogP contribution in [0, 0.1) is 0 Å². The second-order valence-electron chi connectivity index (χ2n) is 10.1. The summed E-state index contributed by atoms with van der Waals surface area (Å²) in [4.78, 5) is 34.0. The number of hydrogen-bond acceptors (Lipinski definition) is 10. The fourth-order valence-corrected chi connectivity index (χ4v) is 6.41. The van der Waals surface area contributed by atoms with Gasteiger partial charge in [0.05, 0.1) is 15.8 Å². The number of sulfonamides is 1. The summed E-state index contributed by atoms with van der Waals surface area (Å²) < 4.78 is 28.3. The van der Waals surface area contributed by atoms with Gasteiger partial charge < -0.3 is 15.2 Å². The number of hydroxylamine groups is 1. The lowest BCUT2D eigenvalue weighted by molar-refractivity contribution is 0.0705. The number of H-pyrrole nitrogens is 1. The minimum Gasteiger partial charge on any atom is -0.363 e. The lowest BCUT2D eigenvalue weighted by atomic mass is 10.1. The number of fused-ring (bicyclic) bond motifs is 1. The molecule has 2 aromatic carbocycles. The van der Waals surface area contributed by atoms with Crippen molar-refractivity contribution in [1.82, 2.24) is 34.7 Å². The average molecular weight is 600 g/mol. The Morgan fingerprint density at radius 3 is 2.33 bits per heavy atom. The molecular formula is C29H29N9O4S. The number of rotatable bonds is 8. The lowest BCUT2D eigenvalue weighted by Gasteiger charge is -2.33. The van der Waals surface area contributed by atoms with Crippen LogP contribution in [0.25, 0.3) is 22.3 Å². The van der Waals surface area contributed by atoms with E-state index in [2.05, 4.69) is 49.3 Å². The first kappa shape index (κ1) is 28.2. The molecule has 4 N–H and O–H groups in total. The molecule has 1 atom stereocenters. The molecule has 0 bridgehead atoms. The Hall–Kier alpha value is -4.92. The van der Waals surface area contributed by atoms with E-state index >= 15 is 0 Å². The maximum absolute atomic E-state index is 13.4. The van der Waals surface area contributed by atoms with Crippen LogP contribution in [0.1, 0.15) is 28.9 Å². The summed E-state index contributed by atoms with van der Waals surface area (Å²) in [5.41, 5.74) is 5.08. The molecule has 1 aliphatic rings. The van der Waals surface area contributed by atoms with Crippen molar-refractivity contribution in [3.05, 3.63) is 90.5 Å². The molecule has 0 aliphatic carbocycles. The van der Waals surface area contributed by atoms with Crippen LogP contribution in [0.4, 0.5) is 11.8 Å². The number of amides is 1. The highest BCUT2D eigenvalue weighted by molar-refractivity contribution is 7.89. The van der Waals surface area contributed by atoms with Gasteiger partial charge in [0.1, 0.15) is 17.8 Å². The third-order valence-corrected chi connectivity index (χ3v) is 9.32. The number of anilines is 2. The number of carbonyl (C=O) groups excluding carboxylic acids is 1. The van der Waals surface area contributed by atoms with E-state index in [0.717, 1.165) is 22.2 Å². The van der Waals surface area contributed by atoms with Crippen molar-refractivity contribution >= 4 is 38.7 Å². The van der Waals surface area contributed by atoms with Crippen LogP contribution in [-0.4, -0.2) is 74.9 Å². The minimum atomic E-state index is -3.72. The highest BCUT2D eigenvalue weighted by Gasteiger charge is 2.29. The van der Waals surface area contributed by atoms with Gasteiger partial charge in [-0.05, 0) is 36.2 Å². The zero-order valence-electron chi connectivity index (χ0n) is 23.2. The SMILES string of the molecule is C[C@@H](Nc1ncnc2[nH]c(-c3ccc(S(=O)(=O)N4CCN(c5ncc(C(=O)NO)cn5)CC4)cc3)cc12)c1ccccc1. The average Bonchev–Trinajstić information content (AvgIpc) is 3.50. The van der Waals surface area contributed by atoms with Gasteiger partial charge in [-0.25, -0.2) is 33.8 Å². The van der Waals surface area contributed by atoms with Crippen LogP contribution in [0.15, 0.2) is 84.3 Å². The molecule has 0 spiro atoms. The van der Waals surface area contributed by atoms with Gasteiger partial charge in [0.25, 0.3) is 5.91 Å². The molecule has 0 saturated carbocycles. The smallest absolute Gasteiger partial charge is 0.277 e. The van der Waals surface area contributed by atoms with E-state index in [9.17, 15) is 13.2 Å². The molecule has 1 amide bonds. The molecule has 1 saturated heterocycles. The molecule has 43 heavy (non-hydrogen) atoms. The number of piperazine rings is 1. The summed E-state index contributed by atoms with van der Waals surface area (Å²) in [6, 6.07) is 18.9. The van der Waals surface area contributed by atoms with E-state index in [-0.39, 0.29) is 29.6 Å². The monoisotopic (exact) mass is 599 g/mol. The number of nitrogens with zero attached hydrogens (tertiary/aromatic N) is 6. The van der Waals surface area contributed by atoms with Gasteiger partial charge in [-0.15, -0.1) is 0 Å². The summed E-state index contributed by atoms with van der Waals surface area (Å²) in [6.45, 7) is 3.35. The Kier molecular flexibility index (Phi) is 7.71. The summed E-state index contributed by atoms with van der Waals surface area (Å²) in [5, 5.41) is 13.0. The fraction of sp³-hybridized carbons (Fsp3) is 0.207. The second-order valence-corrected chi connectivity index (χ2v) is 12.0. The Morgan fingerprint density at radius 2 is 1.65 bits per heavy atom. The molecule has 5 aromatic rings. The number of carbonyl (C=O) groups is 1. The predicted octanol–water partition coefficient (Wildman–Crippen LogP) is 3.22. The Balaban J connectivity index is 1.14. The standard InChI is InChI=1S/C29H29N9O4S/c1-19(20-5-3-2-4-6-20)34-26-24-15-25(35-27(24)33-18-32-26)21-7-9-23(10-8-21)43(41,42)38-13-11-37(12-14-38)29-30-16-22(17-31-29)28(39)36-40/h2-10,15-19,40H,11-14H2,1H3,(H,36,39)(H2,32,33,34,35)/t19-/m1/s1. The number of aromatic nitrogens is 5. The van der Waals surface area contributed by atoms with Gasteiger partial charge in [-0.2, -0.15) is 4.31 Å². The number of aromatic amines is 1. The van der Waals surface area contributed by atoms with Crippen molar-refractivity contribution in [3.63, 3.8) is 0 Å². The molecule has 0 radical (unpaired) electrons. The van der Waals surface area contributed by atoms with E-state index in [0.29, 0.717) is 30.5 Å². The quantitative estimate of drug-likeness (QED) is 0.153. The Labute approximate surface area is 247 Å². The van der Waals surface area contributed by atoms with Gasteiger partial charge in [-0.1, -0.05) is 42.5 Å². The van der Waals surface area contributed by atoms with Gasteiger partial charge in [0.2, 0.25) is 16.0 Å². The Bertz CT molecular complexity index is 1840. The van der Waals surface area contributed by atoms with Crippen LogP contribution < -0.4 is 15.7 Å². The molecule has 220 valence electrons. The van der Waals surface area contributed by atoms with Crippen molar-refractivity contribution in [1.29, 1.82) is 0 Å². The van der Waals surface area contributed by atoms with Crippen LogP contribution >= 0.6 is 0 Å². The summed E-state index contributed by atoms with van der Waals surface area (Å²) >= 11 is 0.